The van der Waals surface area contributed by atoms with E-state index in [1.54, 1.807) is 23.3 Å². The molecule has 0 fully saturated rings. The minimum absolute atomic E-state index is 0. The van der Waals surface area contributed by atoms with E-state index in [2.05, 4.69) is 105 Å². The summed E-state index contributed by atoms with van der Waals surface area (Å²) in [5.74, 6) is 0. The van der Waals surface area contributed by atoms with Crippen LogP contribution in [0.4, 0.5) is 0 Å². The summed E-state index contributed by atoms with van der Waals surface area (Å²) >= 11 is 1.58. The molecule has 0 saturated heterocycles. The van der Waals surface area contributed by atoms with E-state index in [1.807, 2.05) is 12.9 Å². The Balaban J connectivity index is 0.000000227. The van der Waals surface area contributed by atoms with Gasteiger partial charge in [-0.05, 0) is 12.8 Å². The van der Waals surface area contributed by atoms with Gasteiger partial charge in [0, 0.05) is 0 Å². The molecule has 2 aliphatic carbocycles. The molecule has 0 radical (unpaired) electrons. The van der Waals surface area contributed by atoms with Crippen molar-refractivity contribution >= 4 is 20.1 Å². The third-order valence-corrected chi connectivity index (χ3v) is 8.42. The molecule has 0 amide bonds. The van der Waals surface area contributed by atoms with Crippen molar-refractivity contribution in [2.45, 2.75) is 39.4 Å². The second kappa shape index (κ2) is 12.8. The molecular weight excluding hydrogens is 579 g/mol. The summed E-state index contributed by atoms with van der Waals surface area (Å²) in [5.41, 5.74) is 12.6. The normalized spacial score (nSPS) is 11.6. The number of rotatable bonds is 1. The van der Waals surface area contributed by atoms with E-state index < -0.39 is 8.07 Å². The van der Waals surface area contributed by atoms with Gasteiger partial charge in [0.05, 0.1) is 8.07 Å². The first-order valence-corrected chi connectivity index (χ1v) is 20.9. The van der Waals surface area contributed by atoms with Crippen molar-refractivity contribution in [1.82, 2.24) is 0 Å². The molecule has 5 heteroatoms. The van der Waals surface area contributed by atoms with Gasteiger partial charge in [-0.15, -0.1) is 11.1 Å². The molecule has 4 aromatic rings. The fourth-order valence-electron chi connectivity index (χ4n) is 4.98. The Bertz CT molecular complexity index is 1270. The molecule has 0 saturated carbocycles. The van der Waals surface area contributed by atoms with Crippen LogP contribution in [0.5, 0.6) is 0 Å². The van der Waals surface area contributed by atoms with Gasteiger partial charge in [-0.3, -0.25) is 0 Å². The summed E-state index contributed by atoms with van der Waals surface area (Å²) in [4.78, 5) is 0. The molecular formula is C30H30Cl2Si2Zr-2. The molecule has 0 heterocycles. The van der Waals surface area contributed by atoms with Crippen LogP contribution in [0.1, 0.15) is 27.8 Å². The summed E-state index contributed by atoms with van der Waals surface area (Å²) in [5, 5.41) is 1.49. The van der Waals surface area contributed by atoms with E-state index in [9.17, 15) is 0 Å². The second-order valence-corrected chi connectivity index (χ2v) is 14.7. The van der Waals surface area contributed by atoms with Crippen molar-refractivity contribution in [2.75, 3.05) is 0 Å². The van der Waals surface area contributed by atoms with Crippen LogP contribution in [0.15, 0.2) is 72.8 Å². The number of halogens is 2. The Hall–Kier alpha value is -1.22. The Kier molecular flexibility index (Phi) is 11.0. The second-order valence-electron chi connectivity index (χ2n) is 9.70. The van der Waals surface area contributed by atoms with Gasteiger partial charge in [0.25, 0.3) is 0 Å². The topological polar surface area (TPSA) is 0 Å². The maximum atomic E-state index is 3.74. The van der Waals surface area contributed by atoms with Crippen LogP contribution in [-0.2, 0) is 36.2 Å². The molecule has 0 aromatic heterocycles. The molecule has 178 valence electrons. The number of hydrogen-bond donors (Lipinski definition) is 0. The Morgan fingerprint density at radius 1 is 0.714 bits per heavy atom. The van der Waals surface area contributed by atoms with Gasteiger partial charge in [-0.25, -0.2) is 0 Å². The monoisotopic (exact) mass is 606 g/mol. The van der Waals surface area contributed by atoms with Gasteiger partial charge in [-0.2, -0.15) is 58.3 Å². The zero-order valence-electron chi connectivity index (χ0n) is 20.8. The van der Waals surface area contributed by atoms with Gasteiger partial charge in [0.1, 0.15) is 0 Å². The van der Waals surface area contributed by atoms with Gasteiger partial charge in [0.2, 0.25) is 0 Å². The average Bonchev–Trinajstić information content (AvgIpc) is 3.38. The SMILES string of the molecule is Cc1cc2c([c-]c1[Si](C)(C)C)Cc1ccccc1-2.[Cl-].[Cl-].[SiH2]=[Zr+2].[c-]1cccc2c1Cc1ccccc1-2. The molecule has 0 atom stereocenters. The third kappa shape index (κ3) is 6.38. The van der Waals surface area contributed by atoms with Gasteiger partial charge >= 0.3 is 30.2 Å². The zero-order chi connectivity index (χ0) is 23.6. The van der Waals surface area contributed by atoms with Crippen LogP contribution < -0.4 is 30.0 Å². The predicted octanol–water partition coefficient (Wildman–Crippen LogP) is 0.0589. The van der Waals surface area contributed by atoms with E-state index >= 15 is 0 Å². The van der Waals surface area contributed by atoms with Crippen LogP contribution >= 0.6 is 0 Å². The minimum Gasteiger partial charge on any atom is -0.179 e. The molecule has 0 bridgehead atoms. The molecule has 0 nitrogen and oxygen atoms in total. The Labute approximate surface area is 241 Å². The first-order chi connectivity index (χ1) is 15.9. The maximum Gasteiger partial charge on any atom is -0.0253 e. The average molecular weight is 609 g/mol. The van der Waals surface area contributed by atoms with Gasteiger partial charge < -0.3 is 24.8 Å². The number of aryl methyl sites for hydroxylation is 1. The molecule has 4 aromatic carbocycles. The van der Waals surface area contributed by atoms with Crippen molar-refractivity contribution < 1.29 is 48.1 Å². The summed E-state index contributed by atoms with van der Waals surface area (Å²) in [7, 11) is -1.28. The fourth-order valence-corrected chi connectivity index (χ4v) is 6.76. The zero-order valence-corrected chi connectivity index (χ0v) is 27.2. The molecule has 2 aliphatic rings. The fraction of sp³-hybridized carbons (Fsp3) is 0.200. The third-order valence-electron chi connectivity index (χ3n) is 6.40. The summed E-state index contributed by atoms with van der Waals surface area (Å²) in [6, 6.07) is 33.0. The standard InChI is InChI=1S/C17H19Si.C13H9.2ClH.H2Si.Zr/c1-12-9-16-14(11-17(12)18(2,3)4)10-13-7-5-6-8-15(13)16;1-3-7-12-10(5-1)9-11-6-2-4-8-13(11)12;;;;/h5-9H,10H2,1-4H3;1-5,7-8H,9H2;2*1H;1H2;/q2*-1;;;;+2/p-2. The smallest absolute Gasteiger partial charge is 0.0253 e. The molecule has 6 rings (SSSR count). The van der Waals surface area contributed by atoms with Crippen LogP contribution in [-0.4, -0.2) is 15.0 Å². The van der Waals surface area contributed by atoms with Crippen LogP contribution in [0.25, 0.3) is 22.3 Å². The quantitative estimate of drug-likeness (QED) is 0.183. The van der Waals surface area contributed by atoms with Gasteiger partial charge in [-0.1, -0.05) is 97.3 Å². The molecule has 0 aliphatic heterocycles. The van der Waals surface area contributed by atoms with E-state index in [-0.39, 0.29) is 24.8 Å². The maximum absolute atomic E-state index is 3.74. The van der Waals surface area contributed by atoms with Crippen LogP contribution in [0, 0.1) is 19.1 Å². The molecule has 0 unspecified atom stereocenters. The summed E-state index contributed by atoms with van der Waals surface area (Å²) in [6.45, 7) is 11.4. The first kappa shape index (κ1) is 30.0. The molecule has 0 spiro atoms. The number of benzene rings is 4. The van der Waals surface area contributed by atoms with E-state index in [1.165, 1.54) is 55.3 Å². The van der Waals surface area contributed by atoms with Gasteiger partial charge in [0.15, 0.2) is 0 Å². The van der Waals surface area contributed by atoms with Crippen molar-refractivity contribution in [1.29, 1.82) is 0 Å². The summed E-state index contributed by atoms with van der Waals surface area (Å²) in [6.07, 6.45) is 2.11. The van der Waals surface area contributed by atoms with E-state index in [4.69, 9.17) is 0 Å². The van der Waals surface area contributed by atoms with Crippen molar-refractivity contribution in [3.05, 3.63) is 113 Å². The molecule has 35 heavy (non-hydrogen) atoms. The Morgan fingerprint density at radius 3 is 1.83 bits per heavy atom. The van der Waals surface area contributed by atoms with Crippen LogP contribution in [0.3, 0.4) is 0 Å². The van der Waals surface area contributed by atoms with Crippen molar-refractivity contribution in [3.8, 4) is 22.3 Å². The van der Waals surface area contributed by atoms with Crippen molar-refractivity contribution in [2.24, 2.45) is 0 Å². The van der Waals surface area contributed by atoms with Crippen LogP contribution in [0.2, 0.25) is 19.6 Å². The van der Waals surface area contributed by atoms with E-state index in [0.717, 1.165) is 12.8 Å². The van der Waals surface area contributed by atoms with Crippen molar-refractivity contribution in [3.63, 3.8) is 0 Å². The number of fused-ring (bicyclic) bond motifs is 6. The number of hydrogen-bond acceptors (Lipinski definition) is 0. The van der Waals surface area contributed by atoms with E-state index in [0.29, 0.717) is 0 Å². The largest absolute Gasteiger partial charge is 0.179 e. The predicted molar refractivity (Wildman–Crippen MR) is 143 cm³/mol. The summed E-state index contributed by atoms with van der Waals surface area (Å²) < 4.78 is 0. The first-order valence-electron chi connectivity index (χ1n) is 11.5. The molecule has 0 N–H and O–H groups in total. The minimum atomic E-state index is -1.28. The Morgan fingerprint density at radius 2 is 1.23 bits per heavy atom.